The number of aromatic nitrogens is 9. The zero-order valence-electron chi connectivity index (χ0n) is 56.4. The van der Waals surface area contributed by atoms with Crippen molar-refractivity contribution in [2.75, 3.05) is 32.3 Å². The highest BCUT2D eigenvalue weighted by Gasteiger charge is 2.21. The number of pyridine rings is 3. The number of halogens is 1. The summed E-state index contributed by atoms with van der Waals surface area (Å²) in [6, 6.07) is 83.9. The second-order valence-electron chi connectivity index (χ2n) is 23.5. The predicted molar refractivity (Wildman–Crippen MR) is 420 cm³/mol. The molecule has 0 aliphatic heterocycles. The first-order chi connectivity index (χ1) is 51.7. The highest BCUT2D eigenvalue weighted by Crippen LogP contribution is 2.41. The molecule has 0 bridgehead atoms. The molecule has 15 aromatic rings. The van der Waals surface area contributed by atoms with Gasteiger partial charge in [0, 0.05) is 104 Å². The molecule has 0 atom stereocenters. The van der Waals surface area contributed by atoms with Crippen molar-refractivity contribution < 1.29 is 22.8 Å². The summed E-state index contributed by atoms with van der Waals surface area (Å²) < 4.78 is 21.3. The molecular weight excluding hydrogens is 1370 g/mol. The lowest BCUT2D eigenvalue weighted by Gasteiger charge is -2.15. The van der Waals surface area contributed by atoms with Crippen LogP contribution in [0.2, 0.25) is 0 Å². The molecular formula is C81H65ClN18O5S. The molecule has 0 fully saturated rings. The number of anilines is 6. The van der Waals surface area contributed by atoms with E-state index < -0.39 is 21.3 Å². The Morgan fingerprint density at radius 3 is 0.962 bits per heavy atom. The van der Waals surface area contributed by atoms with Crippen molar-refractivity contribution in [3.05, 3.63) is 309 Å². The van der Waals surface area contributed by atoms with E-state index in [0.29, 0.717) is 59.7 Å². The summed E-state index contributed by atoms with van der Waals surface area (Å²) in [7, 11) is 0.376. The van der Waals surface area contributed by atoms with E-state index in [9.17, 15) is 18.0 Å². The number of amides is 4. The third kappa shape index (κ3) is 18.5. The van der Waals surface area contributed by atoms with Gasteiger partial charge in [0.05, 0.1) is 29.5 Å². The monoisotopic (exact) mass is 1440 g/mol. The lowest BCUT2D eigenvalue weighted by Crippen LogP contribution is -2.19. The third-order valence-corrected chi connectivity index (χ3v) is 16.8. The van der Waals surface area contributed by atoms with Gasteiger partial charge in [0.15, 0.2) is 17.5 Å². The summed E-state index contributed by atoms with van der Waals surface area (Å²) in [5.41, 5.74) is 32.4. The summed E-state index contributed by atoms with van der Waals surface area (Å²) in [5.74, 6) is 2.14. The van der Waals surface area contributed by atoms with Crippen molar-refractivity contribution in [3.8, 4) is 67.2 Å². The quantitative estimate of drug-likeness (QED) is 0.0225. The van der Waals surface area contributed by atoms with E-state index in [0.717, 1.165) is 111 Å². The summed E-state index contributed by atoms with van der Waals surface area (Å²) in [6.45, 7) is 1.90. The van der Waals surface area contributed by atoms with E-state index in [2.05, 4.69) is 190 Å². The molecule has 0 aliphatic carbocycles. The molecule has 0 radical (unpaired) electrons. The Labute approximate surface area is 613 Å². The molecule has 25 heteroatoms. The van der Waals surface area contributed by atoms with Gasteiger partial charge in [-0.2, -0.15) is 8.42 Å². The summed E-state index contributed by atoms with van der Waals surface area (Å²) in [6.07, 6.45) is 10.6. The SMILES string of the molecule is NC(=O)Nc1cncc(-c2nnc(NCc3ccccc3)c3c(-c4ccccc4)cccc23)c1.NC(=O)Nc1cncc(-c2nnc(NCc3ccccc3)c3c(-c4ccccc4)cccc23)c1.Nc1cncc(-c2nnc(NCc3ccccc3)c3c(-c4ccccc4)cccc23)c1.O=C=NS(=O)(=O)Cl. The van der Waals surface area contributed by atoms with Gasteiger partial charge >= 0.3 is 21.3 Å². The van der Waals surface area contributed by atoms with Crippen LogP contribution < -0.4 is 43.8 Å². The molecule has 0 unspecified atom stereocenters. The van der Waals surface area contributed by atoms with Gasteiger partial charge in [-0.15, -0.1) is 30.6 Å². The zero-order valence-corrected chi connectivity index (χ0v) is 57.9. The largest absolute Gasteiger partial charge is 0.397 e. The number of carbonyl (C=O) groups excluding carboxylic acids is 3. The lowest BCUT2D eigenvalue weighted by molar-refractivity contribution is 0.258. The number of benzene rings is 9. The highest BCUT2D eigenvalue weighted by atomic mass is 35.7. The van der Waals surface area contributed by atoms with E-state index in [-0.39, 0.29) is 0 Å². The van der Waals surface area contributed by atoms with E-state index in [1.807, 2.05) is 140 Å². The molecule has 9 aromatic carbocycles. The Morgan fingerprint density at radius 2 is 0.679 bits per heavy atom. The number of isocyanates is 1. The van der Waals surface area contributed by atoms with E-state index in [1.165, 1.54) is 18.0 Å². The molecule has 6 heterocycles. The number of rotatable bonds is 18. The van der Waals surface area contributed by atoms with E-state index in [4.69, 9.17) is 22.0 Å². The smallest absolute Gasteiger partial charge is 0.350 e. The van der Waals surface area contributed by atoms with E-state index in [1.54, 1.807) is 36.9 Å². The number of nitrogens with two attached hydrogens (primary N) is 3. The topological polar surface area (TPSA) is 352 Å². The molecule has 0 saturated heterocycles. The third-order valence-electron chi connectivity index (χ3n) is 16.3. The minimum absolute atomic E-state index is 0.491. The standard InChI is InChI=1S/2C27H22N6O.C26H21N5.CClNO3S/c2*28-27(34)31-21-14-20(16-29-17-21)25-23-13-7-12-22(19-10-5-2-6-11-19)24(23)26(33-32-25)30-15-18-8-3-1-4-9-18;27-21-14-20(16-28-17-21)25-23-13-7-12-22(19-10-5-2-6-11-19)24(23)26(31-30-25)29-15-18-8-3-1-4-9-18;2-7(5,6)3-1-4/h2*1-14,16-17H,15H2,(H,30,33)(H3,28,31,34);1-14,16-17H,15,27H2,(H,29,31);. The van der Waals surface area contributed by atoms with Crippen molar-refractivity contribution in [2.24, 2.45) is 15.9 Å². The van der Waals surface area contributed by atoms with E-state index >= 15 is 0 Å². The van der Waals surface area contributed by atoms with Gasteiger partial charge in [-0.3, -0.25) is 15.0 Å². The Kier molecular flexibility index (Phi) is 23.3. The fraction of sp³-hybridized carbons (Fsp3) is 0.0370. The Hall–Kier alpha value is -14.2. The Bertz CT molecular complexity index is 5520. The van der Waals surface area contributed by atoms with Crippen molar-refractivity contribution in [1.82, 2.24) is 45.5 Å². The number of fused-ring (bicyclic) bond motifs is 3. The Balaban J connectivity index is 0.000000142. The molecule has 0 spiro atoms. The highest BCUT2D eigenvalue weighted by molar-refractivity contribution is 8.12. The van der Waals surface area contributed by atoms with Crippen molar-refractivity contribution in [1.29, 1.82) is 0 Å². The molecule has 6 aromatic heterocycles. The fourth-order valence-corrected chi connectivity index (χ4v) is 11.9. The number of carbonyl (C=O) groups is 2. The maximum absolute atomic E-state index is 11.3. The molecule has 0 saturated carbocycles. The number of nitrogen functional groups attached to an aromatic ring is 1. The molecule has 23 nitrogen and oxygen atoms in total. The normalized spacial score (nSPS) is 10.7. The van der Waals surface area contributed by atoms with Crippen LogP contribution in [0.4, 0.5) is 44.1 Å². The van der Waals surface area contributed by atoms with Gasteiger partial charge in [-0.25, -0.2) is 14.4 Å². The molecule has 106 heavy (non-hydrogen) atoms. The van der Waals surface area contributed by atoms with Crippen molar-refractivity contribution >= 4 is 105 Å². The molecule has 11 N–H and O–H groups in total. The van der Waals surface area contributed by atoms with Gasteiger partial charge in [-0.05, 0) is 68.3 Å². The average Bonchev–Trinajstić information content (AvgIpc) is 0.775. The summed E-state index contributed by atoms with van der Waals surface area (Å²) >= 11 is 0. The Morgan fingerprint density at radius 1 is 0.377 bits per heavy atom. The molecule has 522 valence electrons. The van der Waals surface area contributed by atoms with Crippen LogP contribution in [0.1, 0.15) is 16.7 Å². The first-order valence-electron chi connectivity index (χ1n) is 32.9. The summed E-state index contributed by atoms with van der Waals surface area (Å²) in [5, 5.41) is 48.7. The second-order valence-corrected chi connectivity index (χ2v) is 25.7. The maximum atomic E-state index is 11.3. The van der Waals surface area contributed by atoms with Crippen LogP contribution in [0.5, 0.6) is 0 Å². The number of hydrogen-bond donors (Lipinski definition) is 8. The minimum Gasteiger partial charge on any atom is -0.397 e. The van der Waals surface area contributed by atoms with Gasteiger partial charge in [0.2, 0.25) is 0 Å². The van der Waals surface area contributed by atoms with Crippen molar-refractivity contribution in [3.63, 3.8) is 0 Å². The maximum Gasteiger partial charge on any atom is 0.350 e. The van der Waals surface area contributed by atoms with Crippen LogP contribution in [0.15, 0.2) is 296 Å². The van der Waals surface area contributed by atoms with Crippen LogP contribution in [-0.2, 0) is 33.7 Å². The van der Waals surface area contributed by atoms with Crippen LogP contribution in [0, 0.1) is 0 Å². The molecule has 4 amide bonds. The first kappa shape index (κ1) is 71.6. The van der Waals surface area contributed by atoms with Crippen LogP contribution in [-0.4, -0.2) is 72.1 Å². The number of nitrogens with one attached hydrogen (secondary N) is 5. The first-order valence-corrected chi connectivity index (χ1v) is 35.2. The average molecular weight is 1440 g/mol. The van der Waals surface area contributed by atoms with Gasteiger partial charge < -0.3 is 43.8 Å². The van der Waals surface area contributed by atoms with Crippen LogP contribution >= 0.6 is 10.7 Å². The number of urea groups is 2. The number of nitrogens with zero attached hydrogens (tertiary/aromatic N) is 10. The van der Waals surface area contributed by atoms with Crippen molar-refractivity contribution in [2.45, 2.75) is 19.6 Å². The molecule has 15 rings (SSSR count). The zero-order chi connectivity index (χ0) is 73.6. The fourth-order valence-electron chi connectivity index (χ4n) is 11.7. The summed E-state index contributed by atoms with van der Waals surface area (Å²) in [4.78, 5) is 44.4. The lowest BCUT2D eigenvalue weighted by atomic mass is 9.96. The number of primary amides is 2. The van der Waals surface area contributed by atoms with Crippen LogP contribution in [0.25, 0.3) is 99.5 Å². The second kappa shape index (κ2) is 34.5. The van der Waals surface area contributed by atoms with Crippen LogP contribution in [0.3, 0.4) is 0 Å². The van der Waals surface area contributed by atoms with Gasteiger partial charge in [0.25, 0.3) is 6.08 Å². The minimum atomic E-state index is -4.00. The van der Waals surface area contributed by atoms with Gasteiger partial charge in [-0.1, -0.05) is 241 Å². The van der Waals surface area contributed by atoms with Gasteiger partial charge in [0.1, 0.15) is 17.1 Å². The number of hydrogen-bond acceptors (Lipinski definition) is 18. The predicted octanol–water partition coefficient (Wildman–Crippen LogP) is 16.3. The molecule has 0 aliphatic rings.